The van der Waals surface area contributed by atoms with E-state index in [1.807, 2.05) is 11.6 Å². The molecule has 0 amide bonds. The molecule has 0 spiro atoms. The summed E-state index contributed by atoms with van der Waals surface area (Å²) < 4.78 is 1.97. The van der Waals surface area contributed by atoms with Gasteiger partial charge in [-0.15, -0.1) is 0 Å². The number of piperidine rings is 1. The third-order valence-corrected chi connectivity index (χ3v) is 3.24. The summed E-state index contributed by atoms with van der Waals surface area (Å²) in [5.74, 6) is 0.944. The number of rotatable bonds is 3. The van der Waals surface area contributed by atoms with Gasteiger partial charge in [0.2, 0.25) is 0 Å². The minimum Gasteiger partial charge on any atom is -0.394 e. The van der Waals surface area contributed by atoms with Gasteiger partial charge in [0.1, 0.15) is 0 Å². The van der Waals surface area contributed by atoms with Gasteiger partial charge in [-0.1, -0.05) is 6.42 Å². The highest BCUT2D eigenvalue weighted by Gasteiger charge is 2.18. The topological polar surface area (TPSA) is 59.1 Å². The van der Waals surface area contributed by atoms with Crippen molar-refractivity contribution in [2.45, 2.75) is 46.1 Å². The Bertz CT molecular complexity index is 376. The zero-order valence-corrected chi connectivity index (χ0v) is 11.0. The zero-order valence-electron chi connectivity index (χ0n) is 11.0. The van der Waals surface area contributed by atoms with Gasteiger partial charge in [-0.25, -0.2) is 9.69 Å². The average Bonchev–Trinajstić information content (AvgIpc) is 2.59. The molecule has 0 aliphatic carbocycles. The van der Waals surface area contributed by atoms with E-state index < -0.39 is 0 Å². The van der Waals surface area contributed by atoms with Crippen molar-refractivity contribution in [2.75, 3.05) is 24.2 Å². The van der Waals surface area contributed by atoms with E-state index in [0.717, 1.165) is 30.3 Å². The molecule has 0 aromatic carbocycles. The minimum absolute atomic E-state index is 0.318. The van der Waals surface area contributed by atoms with Gasteiger partial charge in [0.25, 0.3) is 0 Å². The molecule has 1 fully saturated rings. The quantitative estimate of drug-likeness (QED) is 0.846. The first-order chi connectivity index (χ1) is 8.09. The molecule has 2 heterocycles. The van der Waals surface area contributed by atoms with Gasteiger partial charge in [-0.2, -0.15) is 5.10 Å². The van der Waals surface area contributed by atoms with E-state index in [0.29, 0.717) is 6.04 Å². The van der Waals surface area contributed by atoms with Gasteiger partial charge >= 0.3 is 0 Å². The van der Waals surface area contributed by atoms with E-state index in [9.17, 15) is 0 Å². The predicted molar refractivity (Wildman–Crippen MR) is 70.8 cm³/mol. The highest BCUT2D eigenvalue weighted by atomic mass is 15.6. The molecule has 1 aliphatic rings. The number of aryl methyl sites for hydroxylation is 1. The van der Waals surface area contributed by atoms with Gasteiger partial charge in [0.15, 0.2) is 5.82 Å². The molecule has 0 unspecified atom stereocenters. The second kappa shape index (κ2) is 4.96. The van der Waals surface area contributed by atoms with Gasteiger partial charge in [0.05, 0.1) is 11.4 Å². The van der Waals surface area contributed by atoms with Crippen LogP contribution in [0.3, 0.4) is 0 Å². The van der Waals surface area contributed by atoms with Crippen LogP contribution in [0.25, 0.3) is 0 Å². The van der Waals surface area contributed by atoms with E-state index >= 15 is 0 Å². The molecule has 1 saturated heterocycles. The maximum absolute atomic E-state index is 6.09. The third-order valence-electron chi connectivity index (χ3n) is 3.24. The van der Waals surface area contributed by atoms with Gasteiger partial charge in [0, 0.05) is 19.1 Å². The molecular formula is C12H23N5. The van der Waals surface area contributed by atoms with Gasteiger partial charge in [-0.05, 0) is 33.6 Å². The summed E-state index contributed by atoms with van der Waals surface area (Å²) in [6.07, 6.45) is 3.83. The van der Waals surface area contributed by atoms with Gasteiger partial charge in [-0.3, -0.25) is 0 Å². The summed E-state index contributed by atoms with van der Waals surface area (Å²) in [4.78, 5) is 0. The monoisotopic (exact) mass is 237 g/mol. The van der Waals surface area contributed by atoms with Crippen LogP contribution in [-0.2, 0) is 0 Å². The van der Waals surface area contributed by atoms with Crippen LogP contribution in [0.15, 0.2) is 0 Å². The average molecular weight is 237 g/mol. The number of hydrogen-bond acceptors (Lipinski definition) is 4. The van der Waals surface area contributed by atoms with Crippen molar-refractivity contribution in [1.82, 2.24) is 14.8 Å². The van der Waals surface area contributed by atoms with Crippen LogP contribution in [0.5, 0.6) is 0 Å². The van der Waals surface area contributed by atoms with Crippen LogP contribution in [0.1, 0.15) is 44.8 Å². The third kappa shape index (κ3) is 2.54. The largest absolute Gasteiger partial charge is 0.394 e. The summed E-state index contributed by atoms with van der Waals surface area (Å²) in [7, 11) is 0. The van der Waals surface area contributed by atoms with Crippen LogP contribution in [0, 0.1) is 6.92 Å². The van der Waals surface area contributed by atoms with Crippen molar-refractivity contribution in [3.05, 3.63) is 5.69 Å². The number of anilines is 2. The Hall–Kier alpha value is -1.23. The molecule has 0 radical (unpaired) electrons. The van der Waals surface area contributed by atoms with Crippen LogP contribution >= 0.6 is 0 Å². The molecule has 96 valence electrons. The molecular weight excluding hydrogens is 214 g/mol. The standard InChI is InChI=1S/C12H23N5/c1-9(2)17-12(11(13)10(3)14-17)15-16-7-5-4-6-8-16/h9,15H,4-8,13H2,1-3H3. The lowest BCUT2D eigenvalue weighted by molar-refractivity contribution is 0.269. The SMILES string of the molecule is Cc1nn(C(C)C)c(NN2CCCCC2)c1N. The first kappa shape index (κ1) is 12.2. The van der Waals surface area contributed by atoms with Crippen molar-refractivity contribution in [1.29, 1.82) is 0 Å². The van der Waals surface area contributed by atoms with Crippen LogP contribution < -0.4 is 11.2 Å². The Morgan fingerprint density at radius 1 is 1.24 bits per heavy atom. The van der Waals surface area contributed by atoms with Crippen molar-refractivity contribution in [3.63, 3.8) is 0 Å². The van der Waals surface area contributed by atoms with Crippen molar-refractivity contribution < 1.29 is 0 Å². The molecule has 0 atom stereocenters. The second-order valence-corrected chi connectivity index (χ2v) is 5.05. The first-order valence-electron chi connectivity index (χ1n) is 6.45. The predicted octanol–water partition coefficient (Wildman–Crippen LogP) is 2.17. The number of nitrogen functional groups attached to an aromatic ring is 1. The molecule has 2 rings (SSSR count). The van der Waals surface area contributed by atoms with Crippen molar-refractivity contribution >= 4 is 11.5 Å². The molecule has 5 nitrogen and oxygen atoms in total. The summed E-state index contributed by atoms with van der Waals surface area (Å²) in [5.41, 5.74) is 11.2. The molecule has 0 saturated carbocycles. The number of hydrazine groups is 1. The van der Waals surface area contributed by atoms with Crippen LogP contribution in [0.4, 0.5) is 11.5 Å². The molecule has 3 N–H and O–H groups in total. The van der Waals surface area contributed by atoms with E-state index in [2.05, 4.69) is 29.4 Å². The summed E-state index contributed by atoms with van der Waals surface area (Å²) >= 11 is 0. The number of hydrogen-bond donors (Lipinski definition) is 2. The number of nitrogens with two attached hydrogens (primary N) is 1. The van der Waals surface area contributed by atoms with Crippen molar-refractivity contribution in [2.24, 2.45) is 0 Å². The molecule has 0 bridgehead atoms. The lowest BCUT2D eigenvalue weighted by Gasteiger charge is -2.28. The van der Waals surface area contributed by atoms with E-state index in [-0.39, 0.29) is 0 Å². The summed E-state index contributed by atoms with van der Waals surface area (Å²) in [5, 5.41) is 6.72. The van der Waals surface area contributed by atoms with Gasteiger partial charge < -0.3 is 11.2 Å². The highest BCUT2D eigenvalue weighted by molar-refractivity contribution is 5.64. The fraction of sp³-hybridized carbons (Fsp3) is 0.750. The van der Waals surface area contributed by atoms with E-state index in [1.165, 1.54) is 19.3 Å². The van der Waals surface area contributed by atoms with E-state index in [4.69, 9.17) is 5.73 Å². The fourth-order valence-corrected chi connectivity index (χ4v) is 2.20. The molecule has 1 aromatic heterocycles. The Kier molecular flexibility index (Phi) is 3.57. The minimum atomic E-state index is 0.318. The molecule has 17 heavy (non-hydrogen) atoms. The lowest BCUT2D eigenvalue weighted by atomic mass is 10.2. The maximum atomic E-state index is 6.09. The first-order valence-corrected chi connectivity index (χ1v) is 6.45. The Labute approximate surface area is 103 Å². The number of nitrogens with zero attached hydrogens (tertiary/aromatic N) is 3. The Balaban J connectivity index is 2.18. The second-order valence-electron chi connectivity index (χ2n) is 5.05. The Morgan fingerprint density at radius 3 is 2.47 bits per heavy atom. The van der Waals surface area contributed by atoms with Crippen LogP contribution in [-0.4, -0.2) is 27.9 Å². The Morgan fingerprint density at radius 2 is 1.88 bits per heavy atom. The number of nitrogens with one attached hydrogen (secondary N) is 1. The summed E-state index contributed by atoms with van der Waals surface area (Å²) in [6.45, 7) is 8.36. The number of aromatic nitrogens is 2. The molecule has 1 aliphatic heterocycles. The van der Waals surface area contributed by atoms with Crippen molar-refractivity contribution in [3.8, 4) is 0 Å². The zero-order chi connectivity index (χ0) is 12.4. The lowest BCUT2D eigenvalue weighted by Crippen LogP contribution is -2.36. The molecule has 5 heteroatoms. The highest BCUT2D eigenvalue weighted by Crippen LogP contribution is 2.26. The smallest absolute Gasteiger partial charge is 0.162 e. The van der Waals surface area contributed by atoms with E-state index in [1.54, 1.807) is 0 Å². The molecule has 1 aromatic rings. The fourth-order valence-electron chi connectivity index (χ4n) is 2.20. The maximum Gasteiger partial charge on any atom is 0.162 e. The normalized spacial score (nSPS) is 17.6. The summed E-state index contributed by atoms with van der Waals surface area (Å²) in [6, 6.07) is 0.318. The van der Waals surface area contributed by atoms with Crippen LogP contribution in [0.2, 0.25) is 0 Å².